The zero-order chi connectivity index (χ0) is 28.1. The van der Waals surface area contributed by atoms with Crippen LogP contribution in [0.25, 0.3) is 0 Å². The van der Waals surface area contributed by atoms with Crippen LogP contribution < -0.4 is 9.62 Å². The normalized spacial score (nSPS) is 17.5. The Hall–Kier alpha value is -3.10. The van der Waals surface area contributed by atoms with Gasteiger partial charge in [-0.3, -0.25) is 14.1 Å². The van der Waals surface area contributed by atoms with Crippen molar-refractivity contribution in [3.63, 3.8) is 0 Å². The van der Waals surface area contributed by atoms with Gasteiger partial charge >= 0.3 is 0 Å². The minimum atomic E-state index is -4.23. The van der Waals surface area contributed by atoms with Gasteiger partial charge in [-0.2, -0.15) is 0 Å². The number of hydrogen-bond acceptors (Lipinski definition) is 7. The van der Waals surface area contributed by atoms with Gasteiger partial charge in [0.25, 0.3) is 10.0 Å². The first kappa shape index (κ1) is 27.5. The van der Waals surface area contributed by atoms with Crippen molar-refractivity contribution < 1.29 is 21.4 Å². The van der Waals surface area contributed by atoms with Crippen LogP contribution in [-0.2, 0) is 21.0 Å². The lowest BCUT2D eigenvalue weighted by Crippen LogP contribution is -2.57. The van der Waals surface area contributed by atoms with Gasteiger partial charge in [0.15, 0.2) is 5.82 Å². The standard InChI is InChI=1S/C24H26ClF2N7O3S2/c1-15(2)38(35)33-6-3-18(13-33)39(36,37)31-20-10-16(25)9-19(27)21(20)22(28)34-8-7-32(14-24(34)4-5-24)23-29-11-17(26)12-30-23/h3,6,9-13,15,28,31H,4-5,7-8,14H2,1-2H3. The summed E-state index contributed by atoms with van der Waals surface area (Å²) in [4.78, 5) is 11.6. The number of sulfonamides is 1. The van der Waals surface area contributed by atoms with Crippen molar-refractivity contribution in [1.82, 2.24) is 18.8 Å². The first-order valence-corrected chi connectivity index (χ1v) is 15.1. The van der Waals surface area contributed by atoms with Crippen LogP contribution in [0, 0.1) is 17.0 Å². The molecule has 1 spiro atoms. The van der Waals surface area contributed by atoms with E-state index in [1.54, 1.807) is 18.7 Å². The fraction of sp³-hybridized carbons (Fsp3) is 0.375. The van der Waals surface area contributed by atoms with Gasteiger partial charge in [0.2, 0.25) is 5.95 Å². The van der Waals surface area contributed by atoms with Crippen LogP contribution in [0.2, 0.25) is 5.02 Å². The molecule has 1 saturated heterocycles. The highest BCUT2D eigenvalue weighted by Gasteiger charge is 2.53. The fourth-order valence-electron chi connectivity index (χ4n) is 4.64. The van der Waals surface area contributed by atoms with Crippen molar-refractivity contribution in [3.8, 4) is 0 Å². The summed E-state index contributed by atoms with van der Waals surface area (Å²) >= 11 is 6.08. The highest BCUT2D eigenvalue weighted by Crippen LogP contribution is 2.46. The summed E-state index contributed by atoms with van der Waals surface area (Å²) in [7, 11) is -5.70. The van der Waals surface area contributed by atoms with Gasteiger partial charge in [0.05, 0.1) is 29.2 Å². The van der Waals surface area contributed by atoms with Gasteiger partial charge < -0.3 is 9.80 Å². The molecule has 1 unspecified atom stereocenters. The third-order valence-corrected chi connectivity index (χ3v) is 9.75. The quantitative estimate of drug-likeness (QED) is 0.315. The Morgan fingerprint density at radius 1 is 1.21 bits per heavy atom. The Morgan fingerprint density at radius 3 is 2.54 bits per heavy atom. The van der Waals surface area contributed by atoms with Gasteiger partial charge in [-0.15, -0.1) is 0 Å². The molecule has 0 bridgehead atoms. The molecule has 2 aromatic heterocycles. The van der Waals surface area contributed by atoms with Crippen LogP contribution in [0.15, 0.2) is 47.9 Å². The number of nitrogens with one attached hydrogen (secondary N) is 2. The number of rotatable bonds is 7. The van der Waals surface area contributed by atoms with E-state index < -0.39 is 38.2 Å². The maximum Gasteiger partial charge on any atom is 0.263 e. The number of hydrogen-bond donors (Lipinski definition) is 2. The predicted molar refractivity (Wildman–Crippen MR) is 145 cm³/mol. The van der Waals surface area contributed by atoms with Gasteiger partial charge in [0.1, 0.15) is 27.5 Å². The van der Waals surface area contributed by atoms with E-state index in [0.29, 0.717) is 25.6 Å². The second kappa shape index (κ2) is 10.1. The molecule has 1 aliphatic heterocycles. The van der Waals surface area contributed by atoms with E-state index in [1.165, 1.54) is 28.5 Å². The van der Waals surface area contributed by atoms with Crippen LogP contribution in [0.4, 0.5) is 20.4 Å². The molecular weight excluding hydrogens is 572 g/mol. The van der Waals surface area contributed by atoms with Crippen molar-refractivity contribution >= 4 is 50.1 Å². The Bertz CT molecular complexity index is 1560. The van der Waals surface area contributed by atoms with Crippen LogP contribution in [0.3, 0.4) is 0 Å². The Labute approximate surface area is 232 Å². The lowest BCUT2D eigenvalue weighted by atomic mass is 10.1. The average molecular weight is 598 g/mol. The van der Waals surface area contributed by atoms with E-state index in [4.69, 9.17) is 17.0 Å². The summed E-state index contributed by atoms with van der Waals surface area (Å²) in [5.74, 6) is -1.20. The maximum atomic E-state index is 15.3. The zero-order valence-electron chi connectivity index (χ0n) is 21.1. The highest BCUT2D eigenvalue weighted by molar-refractivity contribution is 7.92. The van der Waals surface area contributed by atoms with Crippen LogP contribution in [0.5, 0.6) is 0 Å². The number of benzene rings is 1. The number of amidine groups is 1. The smallest absolute Gasteiger partial charge is 0.263 e. The van der Waals surface area contributed by atoms with Crippen LogP contribution in [-0.4, -0.2) is 67.7 Å². The fourth-order valence-corrected chi connectivity index (χ4v) is 6.86. The third-order valence-electron chi connectivity index (χ3n) is 6.74. The molecule has 15 heteroatoms. The molecule has 3 aromatic rings. The molecule has 0 amide bonds. The molecule has 3 heterocycles. The van der Waals surface area contributed by atoms with Crippen molar-refractivity contribution in [1.29, 1.82) is 5.41 Å². The van der Waals surface area contributed by atoms with E-state index in [0.717, 1.165) is 31.3 Å². The molecule has 39 heavy (non-hydrogen) atoms. The summed E-state index contributed by atoms with van der Waals surface area (Å²) in [6.45, 7) is 4.64. The molecule has 2 aliphatic rings. The first-order chi connectivity index (χ1) is 18.4. The van der Waals surface area contributed by atoms with Crippen LogP contribution >= 0.6 is 11.6 Å². The zero-order valence-corrected chi connectivity index (χ0v) is 23.5. The first-order valence-electron chi connectivity index (χ1n) is 12.1. The van der Waals surface area contributed by atoms with E-state index in [1.807, 2.05) is 4.90 Å². The minimum absolute atomic E-state index is 0.0420. The van der Waals surface area contributed by atoms with Crippen molar-refractivity contribution in [2.24, 2.45) is 0 Å². The molecule has 2 N–H and O–H groups in total. The number of anilines is 2. The molecule has 1 atom stereocenters. The van der Waals surface area contributed by atoms with E-state index >= 15 is 4.39 Å². The van der Waals surface area contributed by atoms with E-state index in [2.05, 4.69) is 14.7 Å². The lowest BCUT2D eigenvalue weighted by molar-refractivity contribution is 0.257. The number of nitrogens with zero attached hydrogens (tertiary/aromatic N) is 5. The monoisotopic (exact) mass is 597 g/mol. The molecule has 0 radical (unpaired) electrons. The number of piperazine rings is 1. The maximum absolute atomic E-state index is 15.3. The van der Waals surface area contributed by atoms with Gasteiger partial charge in [-0.25, -0.2) is 31.4 Å². The third kappa shape index (κ3) is 5.37. The Balaban J connectivity index is 1.42. The van der Waals surface area contributed by atoms with Crippen molar-refractivity contribution in [3.05, 3.63) is 65.2 Å². The molecule has 2 fully saturated rings. The summed E-state index contributed by atoms with van der Waals surface area (Å²) in [6.07, 6.45) is 6.26. The summed E-state index contributed by atoms with van der Waals surface area (Å²) in [6, 6.07) is 3.59. The molecular formula is C24H26ClF2N7O3S2. The largest absolute Gasteiger partial charge is 0.347 e. The topological polar surface area (TPSA) is 124 Å². The SMILES string of the molecule is CC(C)S(=O)n1ccc(S(=O)(=O)Nc2cc(Cl)cc(F)c2C(=N)N2CCN(c3ncc(F)cn3)CC23CC3)c1. The van der Waals surface area contributed by atoms with E-state index in [-0.39, 0.29) is 32.3 Å². The Morgan fingerprint density at radius 2 is 1.90 bits per heavy atom. The van der Waals surface area contributed by atoms with Crippen LogP contribution in [0.1, 0.15) is 32.3 Å². The summed E-state index contributed by atoms with van der Waals surface area (Å²) in [5.41, 5.74) is -0.901. The highest BCUT2D eigenvalue weighted by atomic mass is 35.5. The molecule has 1 aliphatic carbocycles. The number of halogens is 3. The van der Waals surface area contributed by atoms with Gasteiger partial charge in [0, 0.05) is 42.3 Å². The summed E-state index contributed by atoms with van der Waals surface area (Å²) < 4.78 is 71.1. The van der Waals surface area contributed by atoms with E-state index in [9.17, 15) is 17.0 Å². The molecule has 5 rings (SSSR count). The summed E-state index contributed by atoms with van der Waals surface area (Å²) in [5, 5.41) is 8.68. The second-order valence-electron chi connectivity index (χ2n) is 9.80. The van der Waals surface area contributed by atoms with Gasteiger partial charge in [-0.1, -0.05) is 11.6 Å². The van der Waals surface area contributed by atoms with Gasteiger partial charge in [-0.05, 0) is 44.9 Å². The predicted octanol–water partition coefficient (Wildman–Crippen LogP) is 3.61. The minimum Gasteiger partial charge on any atom is -0.347 e. The lowest BCUT2D eigenvalue weighted by Gasteiger charge is -2.43. The second-order valence-corrected chi connectivity index (χ2v) is 13.8. The molecule has 10 nitrogen and oxygen atoms in total. The van der Waals surface area contributed by atoms with Crippen molar-refractivity contribution in [2.45, 2.75) is 42.4 Å². The molecule has 1 aromatic carbocycles. The average Bonchev–Trinajstić information content (AvgIpc) is 3.43. The molecule has 1 saturated carbocycles. The number of aromatic nitrogens is 3. The Kier molecular flexibility index (Phi) is 7.14. The van der Waals surface area contributed by atoms with Crippen molar-refractivity contribution in [2.75, 3.05) is 29.3 Å². The molecule has 208 valence electrons.